The van der Waals surface area contributed by atoms with Crippen molar-refractivity contribution in [2.75, 3.05) is 31.3 Å². The minimum absolute atomic E-state index is 0.0700. The summed E-state index contributed by atoms with van der Waals surface area (Å²) < 4.78 is 62.8. The molecule has 0 saturated heterocycles. The standard InChI is InChI=1S/C17H18F3N3O3S/c1-23(2)27(25,26)15-5-3-4-14(10-15)21-11-16(24)22-13-8-6-12(7-9-13)17(18,19)20/h3-10,21H,11H2,1-2H3,(H,22,24). The van der Waals surface area contributed by atoms with E-state index in [0.29, 0.717) is 5.69 Å². The van der Waals surface area contributed by atoms with Crippen LogP contribution in [0.5, 0.6) is 0 Å². The Kier molecular flexibility index (Phi) is 6.11. The van der Waals surface area contributed by atoms with Crippen molar-refractivity contribution in [3.8, 4) is 0 Å². The summed E-state index contributed by atoms with van der Waals surface area (Å²) in [5.41, 5.74) is -0.170. The van der Waals surface area contributed by atoms with Gasteiger partial charge in [-0.25, -0.2) is 12.7 Å². The van der Waals surface area contributed by atoms with Crippen LogP contribution in [0.15, 0.2) is 53.4 Å². The zero-order valence-corrected chi connectivity index (χ0v) is 15.4. The molecule has 0 atom stereocenters. The molecule has 0 aliphatic rings. The lowest BCUT2D eigenvalue weighted by molar-refractivity contribution is -0.137. The Morgan fingerprint density at radius 2 is 1.67 bits per heavy atom. The molecule has 0 aliphatic heterocycles. The molecule has 0 bridgehead atoms. The van der Waals surface area contributed by atoms with Gasteiger partial charge in [0.25, 0.3) is 0 Å². The van der Waals surface area contributed by atoms with Crippen LogP contribution in [0.2, 0.25) is 0 Å². The van der Waals surface area contributed by atoms with Gasteiger partial charge in [0, 0.05) is 25.5 Å². The van der Waals surface area contributed by atoms with Crippen LogP contribution in [0, 0.1) is 0 Å². The summed E-state index contributed by atoms with van der Waals surface area (Å²) in [6.45, 7) is -0.188. The van der Waals surface area contributed by atoms with E-state index in [4.69, 9.17) is 0 Å². The number of carbonyl (C=O) groups is 1. The summed E-state index contributed by atoms with van der Waals surface area (Å²) in [6.07, 6.45) is -4.44. The molecule has 0 heterocycles. The number of rotatable bonds is 6. The van der Waals surface area contributed by atoms with Crippen LogP contribution in [-0.2, 0) is 21.0 Å². The van der Waals surface area contributed by atoms with Crippen LogP contribution in [0.4, 0.5) is 24.5 Å². The highest BCUT2D eigenvalue weighted by molar-refractivity contribution is 7.89. The van der Waals surface area contributed by atoms with Gasteiger partial charge in [0.1, 0.15) is 0 Å². The molecule has 0 spiro atoms. The predicted octanol–water partition coefficient (Wildman–Crippen LogP) is 3.01. The number of amides is 1. The van der Waals surface area contributed by atoms with Gasteiger partial charge in [0.05, 0.1) is 17.0 Å². The Morgan fingerprint density at radius 3 is 2.22 bits per heavy atom. The number of benzene rings is 2. The zero-order chi connectivity index (χ0) is 20.2. The summed E-state index contributed by atoms with van der Waals surface area (Å²) in [6, 6.07) is 10.0. The SMILES string of the molecule is CN(C)S(=O)(=O)c1cccc(NCC(=O)Nc2ccc(C(F)(F)F)cc2)c1. The minimum Gasteiger partial charge on any atom is -0.376 e. The Labute approximate surface area is 155 Å². The fraction of sp³-hybridized carbons (Fsp3) is 0.235. The van der Waals surface area contributed by atoms with Gasteiger partial charge < -0.3 is 10.6 Å². The van der Waals surface area contributed by atoms with Crippen LogP contribution in [0.3, 0.4) is 0 Å². The molecule has 0 aliphatic carbocycles. The van der Waals surface area contributed by atoms with Crippen molar-refractivity contribution in [2.24, 2.45) is 0 Å². The second-order valence-corrected chi connectivity index (χ2v) is 7.94. The first-order valence-electron chi connectivity index (χ1n) is 7.74. The van der Waals surface area contributed by atoms with Crippen molar-refractivity contribution < 1.29 is 26.4 Å². The summed E-state index contributed by atoms with van der Waals surface area (Å²) in [5.74, 6) is -0.490. The van der Waals surface area contributed by atoms with Gasteiger partial charge >= 0.3 is 6.18 Å². The first-order chi connectivity index (χ1) is 12.5. The maximum absolute atomic E-state index is 12.5. The van der Waals surface area contributed by atoms with E-state index in [0.717, 1.165) is 28.6 Å². The minimum atomic E-state index is -4.44. The van der Waals surface area contributed by atoms with E-state index in [1.54, 1.807) is 6.07 Å². The quantitative estimate of drug-likeness (QED) is 0.780. The first-order valence-corrected chi connectivity index (χ1v) is 9.18. The van der Waals surface area contributed by atoms with Crippen LogP contribution in [0.1, 0.15) is 5.56 Å². The van der Waals surface area contributed by atoms with Gasteiger partial charge in [-0.05, 0) is 42.5 Å². The lowest BCUT2D eigenvalue weighted by atomic mass is 10.2. The summed E-state index contributed by atoms with van der Waals surface area (Å²) >= 11 is 0. The fourth-order valence-electron chi connectivity index (χ4n) is 2.11. The average molecular weight is 401 g/mol. The molecule has 2 N–H and O–H groups in total. The molecule has 27 heavy (non-hydrogen) atoms. The van der Waals surface area contributed by atoms with Crippen molar-refractivity contribution in [3.05, 3.63) is 54.1 Å². The van der Waals surface area contributed by atoms with Gasteiger partial charge in [-0.1, -0.05) is 6.07 Å². The second kappa shape index (κ2) is 7.97. The number of carbonyl (C=O) groups excluding carboxylic acids is 1. The van der Waals surface area contributed by atoms with Crippen molar-refractivity contribution in [3.63, 3.8) is 0 Å². The Morgan fingerprint density at radius 1 is 1.04 bits per heavy atom. The third-order valence-electron chi connectivity index (χ3n) is 3.56. The molecular weight excluding hydrogens is 383 g/mol. The molecule has 2 rings (SSSR count). The van der Waals surface area contributed by atoms with E-state index in [9.17, 15) is 26.4 Å². The molecule has 6 nitrogen and oxygen atoms in total. The van der Waals surface area contributed by atoms with Crippen molar-refractivity contribution in [2.45, 2.75) is 11.1 Å². The van der Waals surface area contributed by atoms with Crippen LogP contribution in [-0.4, -0.2) is 39.3 Å². The number of hydrogen-bond acceptors (Lipinski definition) is 4. The number of hydrogen-bond donors (Lipinski definition) is 2. The van der Waals surface area contributed by atoms with E-state index in [2.05, 4.69) is 10.6 Å². The Balaban J connectivity index is 1.98. The molecule has 0 aromatic heterocycles. The summed E-state index contributed by atoms with van der Waals surface area (Å²) in [5, 5.41) is 5.24. The number of nitrogens with zero attached hydrogens (tertiary/aromatic N) is 1. The molecule has 0 fully saturated rings. The van der Waals surface area contributed by atoms with Crippen LogP contribution >= 0.6 is 0 Å². The predicted molar refractivity (Wildman–Crippen MR) is 95.9 cm³/mol. The van der Waals surface area contributed by atoms with E-state index in [-0.39, 0.29) is 17.1 Å². The van der Waals surface area contributed by atoms with Crippen molar-refractivity contribution in [1.29, 1.82) is 0 Å². The molecule has 2 aromatic carbocycles. The topological polar surface area (TPSA) is 78.5 Å². The fourth-order valence-corrected chi connectivity index (χ4v) is 3.06. The maximum Gasteiger partial charge on any atom is 0.416 e. The number of anilines is 2. The number of alkyl halides is 3. The van der Waals surface area contributed by atoms with Crippen molar-refractivity contribution >= 4 is 27.3 Å². The second-order valence-electron chi connectivity index (χ2n) is 5.79. The third-order valence-corrected chi connectivity index (χ3v) is 5.37. The van der Waals surface area contributed by atoms with Gasteiger partial charge in [-0.3, -0.25) is 4.79 Å². The van der Waals surface area contributed by atoms with E-state index < -0.39 is 27.7 Å². The lowest BCUT2D eigenvalue weighted by Crippen LogP contribution is -2.23. The van der Waals surface area contributed by atoms with E-state index in [1.807, 2.05) is 0 Å². The number of nitrogens with one attached hydrogen (secondary N) is 2. The van der Waals surface area contributed by atoms with E-state index >= 15 is 0 Å². The molecule has 2 aromatic rings. The van der Waals surface area contributed by atoms with Gasteiger partial charge in [-0.15, -0.1) is 0 Å². The van der Waals surface area contributed by atoms with Gasteiger partial charge in [0.15, 0.2) is 0 Å². The molecule has 0 radical (unpaired) electrons. The van der Waals surface area contributed by atoms with Crippen LogP contribution in [0.25, 0.3) is 0 Å². The largest absolute Gasteiger partial charge is 0.416 e. The summed E-state index contributed by atoms with van der Waals surface area (Å²) in [4.78, 5) is 12.0. The molecule has 146 valence electrons. The Bertz CT molecular complexity index is 911. The van der Waals surface area contributed by atoms with Gasteiger partial charge in [0.2, 0.25) is 15.9 Å². The molecular formula is C17H18F3N3O3S. The van der Waals surface area contributed by atoms with Gasteiger partial charge in [-0.2, -0.15) is 13.2 Å². The Hall–Kier alpha value is -2.59. The summed E-state index contributed by atoms with van der Waals surface area (Å²) in [7, 11) is -0.782. The zero-order valence-electron chi connectivity index (χ0n) is 14.5. The molecule has 10 heteroatoms. The third kappa shape index (κ3) is 5.44. The lowest BCUT2D eigenvalue weighted by Gasteiger charge is -2.13. The van der Waals surface area contributed by atoms with Crippen molar-refractivity contribution in [1.82, 2.24) is 4.31 Å². The normalized spacial score (nSPS) is 12.1. The van der Waals surface area contributed by atoms with Crippen LogP contribution < -0.4 is 10.6 Å². The highest BCUT2D eigenvalue weighted by Gasteiger charge is 2.30. The highest BCUT2D eigenvalue weighted by atomic mass is 32.2. The van der Waals surface area contributed by atoms with E-state index in [1.165, 1.54) is 32.3 Å². The first kappa shape index (κ1) is 20.7. The smallest absolute Gasteiger partial charge is 0.376 e. The average Bonchev–Trinajstić information content (AvgIpc) is 2.60. The maximum atomic E-state index is 12.5. The number of sulfonamides is 1. The molecule has 0 unspecified atom stereocenters. The highest BCUT2D eigenvalue weighted by Crippen LogP contribution is 2.29. The molecule has 1 amide bonds. The monoisotopic (exact) mass is 401 g/mol. The number of halogens is 3. The molecule has 0 saturated carbocycles.